The predicted molar refractivity (Wildman–Crippen MR) is 100.0 cm³/mol. The Morgan fingerprint density at radius 2 is 1.78 bits per heavy atom. The Hall–Kier alpha value is -2.92. The van der Waals surface area contributed by atoms with Crippen LogP contribution in [0.3, 0.4) is 0 Å². The van der Waals surface area contributed by atoms with E-state index in [0.717, 1.165) is 26.0 Å². The third-order valence-corrected chi connectivity index (χ3v) is 5.84. The molecule has 3 aliphatic rings. The maximum Gasteiger partial charge on any atom is 0.417 e. The molecule has 3 aliphatic heterocycles. The number of ether oxygens (including phenoxy) is 3. The second-order valence-corrected chi connectivity index (χ2v) is 7.93. The van der Waals surface area contributed by atoms with Crippen molar-refractivity contribution >= 4 is 41.0 Å². The molecule has 32 heavy (non-hydrogen) atoms. The Kier molecular flexibility index (Phi) is 5.09. The molecule has 2 fully saturated rings. The van der Waals surface area contributed by atoms with Gasteiger partial charge in [-0.15, -0.1) is 0 Å². The van der Waals surface area contributed by atoms with Gasteiger partial charge < -0.3 is 14.2 Å². The van der Waals surface area contributed by atoms with Gasteiger partial charge in [-0.3, -0.25) is 19.2 Å². The molecule has 2 amide bonds. The van der Waals surface area contributed by atoms with E-state index in [1.165, 1.54) is 12.2 Å². The van der Waals surface area contributed by atoms with E-state index in [-0.39, 0.29) is 5.69 Å². The first kappa shape index (κ1) is 22.3. The normalized spacial score (nSPS) is 28.5. The maximum absolute atomic E-state index is 13.3. The molecule has 0 radical (unpaired) electrons. The van der Waals surface area contributed by atoms with Gasteiger partial charge in [0.05, 0.1) is 34.2 Å². The van der Waals surface area contributed by atoms with E-state index in [9.17, 15) is 32.3 Å². The maximum atomic E-state index is 13.3. The molecule has 0 unspecified atom stereocenters. The quantitative estimate of drug-likeness (QED) is 0.287. The summed E-state index contributed by atoms with van der Waals surface area (Å²) in [6.07, 6.45) is -4.59. The highest BCUT2D eigenvalue weighted by atomic mass is 35.5. The lowest BCUT2D eigenvalue weighted by Crippen LogP contribution is -2.52. The van der Waals surface area contributed by atoms with Crippen LogP contribution in [0.4, 0.5) is 18.9 Å². The van der Waals surface area contributed by atoms with Crippen LogP contribution < -0.4 is 4.90 Å². The van der Waals surface area contributed by atoms with Gasteiger partial charge in [0.25, 0.3) is 6.29 Å². The molecule has 0 saturated carbocycles. The summed E-state index contributed by atoms with van der Waals surface area (Å²) in [7, 11) is 0. The van der Waals surface area contributed by atoms with Crippen molar-refractivity contribution in [1.29, 1.82) is 0 Å². The van der Waals surface area contributed by atoms with Gasteiger partial charge >= 0.3 is 18.1 Å². The average Bonchev–Trinajstić information content (AvgIpc) is 3.32. The van der Waals surface area contributed by atoms with Crippen LogP contribution in [0.25, 0.3) is 0 Å². The highest BCUT2D eigenvalue weighted by Gasteiger charge is 2.72. The van der Waals surface area contributed by atoms with Crippen LogP contribution in [0.2, 0.25) is 5.02 Å². The number of amides is 2. The minimum atomic E-state index is -4.81. The van der Waals surface area contributed by atoms with E-state index in [1.807, 2.05) is 0 Å². The van der Waals surface area contributed by atoms with Crippen molar-refractivity contribution in [2.45, 2.75) is 38.0 Å². The lowest BCUT2D eigenvalue weighted by Gasteiger charge is -2.34. The zero-order valence-corrected chi connectivity index (χ0v) is 17.3. The zero-order valence-electron chi connectivity index (χ0n) is 16.5. The van der Waals surface area contributed by atoms with E-state index in [2.05, 4.69) is 0 Å². The number of carbonyl (C=O) groups excluding carboxylic acids is 4. The first-order valence-electron chi connectivity index (χ1n) is 9.33. The van der Waals surface area contributed by atoms with Crippen LogP contribution in [0.15, 0.2) is 30.4 Å². The molecular weight excluding hydrogens is 459 g/mol. The van der Waals surface area contributed by atoms with Crippen molar-refractivity contribution in [3.05, 3.63) is 40.9 Å². The second kappa shape index (κ2) is 7.31. The molecule has 2 bridgehead atoms. The standard InChI is InChI=1S/C20H15ClF3NO7/c1-8(26)30-18(31-9(2)27)19-6-5-13(32-19)14-15(19)17(29)25(16(14)28)10-3-4-12(21)11(7-10)20(22,23)24/h3-7,13-15,18H,1-2H3/t13-,14-,15+,19-/m0/s1. The van der Waals surface area contributed by atoms with Gasteiger partial charge in [0.15, 0.2) is 5.60 Å². The Morgan fingerprint density at radius 3 is 2.34 bits per heavy atom. The predicted octanol–water partition coefficient (Wildman–Crippen LogP) is 2.62. The molecule has 2 saturated heterocycles. The number of fused-ring (bicyclic) bond motifs is 5. The Labute approximate surface area is 183 Å². The van der Waals surface area contributed by atoms with Crippen molar-refractivity contribution in [2.75, 3.05) is 4.90 Å². The van der Waals surface area contributed by atoms with Gasteiger partial charge in [0.2, 0.25) is 11.8 Å². The fourth-order valence-corrected chi connectivity index (χ4v) is 4.57. The zero-order chi connectivity index (χ0) is 23.6. The fourth-order valence-electron chi connectivity index (χ4n) is 4.34. The number of hydrogen-bond acceptors (Lipinski definition) is 7. The summed E-state index contributed by atoms with van der Waals surface area (Å²) < 4.78 is 55.8. The molecule has 0 aliphatic carbocycles. The summed E-state index contributed by atoms with van der Waals surface area (Å²) in [4.78, 5) is 50.2. The van der Waals surface area contributed by atoms with Gasteiger partial charge in [0, 0.05) is 13.8 Å². The topological polar surface area (TPSA) is 99.2 Å². The van der Waals surface area contributed by atoms with Crippen molar-refractivity contribution in [3.63, 3.8) is 0 Å². The number of anilines is 1. The first-order chi connectivity index (χ1) is 14.9. The number of nitrogens with zero attached hydrogens (tertiary/aromatic N) is 1. The Bertz CT molecular complexity index is 1060. The number of esters is 2. The number of hydrogen-bond donors (Lipinski definition) is 0. The molecular formula is C20H15ClF3NO7. The molecule has 0 aromatic heterocycles. The van der Waals surface area contributed by atoms with Gasteiger partial charge in [-0.25, -0.2) is 4.90 Å². The summed E-state index contributed by atoms with van der Waals surface area (Å²) in [5, 5.41) is -0.591. The monoisotopic (exact) mass is 473 g/mol. The Balaban J connectivity index is 1.76. The summed E-state index contributed by atoms with van der Waals surface area (Å²) >= 11 is 5.64. The largest absolute Gasteiger partial charge is 0.422 e. The number of carbonyl (C=O) groups is 4. The first-order valence-corrected chi connectivity index (χ1v) is 9.71. The molecule has 8 nitrogen and oxygen atoms in total. The molecule has 4 rings (SSSR count). The van der Waals surface area contributed by atoms with Crippen LogP contribution in [-0.4, -0.2) is 41.7 Å². The van der Waals surface area contributed by atoms with Crippen LogP contribution >= 0.6 is 11.6 Å². The van der Waals surface area contributed by atoms with Crippen molar-refractivity contribution in [3.8, 4) is 0 Å². The molecule has 170 valence electrons. The van der Waals surface area contributed by atoms with E-state index >= 15 is 0 Å². The van der Waals surface area contributed by atoms with E-state index < -0.39 is 70.3 Å². The van der Waals surface area contributed by atoms with Crippen LogP contribution in [-0.2, 0) is 39.6 Å². The lowest BCUT2D eigenvalue weighted by molar-refractivity contribution is -0.226. The summed E-state index contributed by atoms with van der Waals surface area (Å²) in [5.74, 6) is -5.75. The number of halogens is 4. The van der Waals surface area contributed by atoms with Crippen molar-refractivity contribution in [1.82, 2.24) is 0 Å². The van der Waals surface area contributed by atoms with E-state index in [1.54, 1.807) is 0 Å². The number of benzene rings is 1. The number of rotatable bonds is 4. The average molecular weight is 474 g/mol. The third-order valence-electron chi connectivity index (χ3n) is 5.51. The van der Waals surface area contributed by atoms with Gasteiger partial charge in [0.1, 0.15) is 0 Å². The number of alkyl halides is 3. The van der Waals surface area contributed by atoms with Gasteiger partial charge in [-0.1, -0.05) is 17.7 Å². The smallest absolute Gasteiger partial charge is 0.417 e. The van der Waals surface area contributed by atoms with Crippen molar-refractivity contribution < 1.29 is 46.6 Å². The second-order valence-electron chi connectivity index (χ2n) is 7.52. The Morgan fingerprint density at radius 1 is 1.16 bits per heavy atom. The van der Waals surface area contributed by atoms with Crippen LogP contribution in [0.1, 0.15) is 19.4 Å². The summed E-state index contributed by atoms with van der Waals surface area (Å²) in [6.45, 7) is 2.10. The minimum Gasteiger partial charge on any atom is -0.422 e. The molecule has 12 heteroatoms. The van der Waals surface area contributed by atoms with Gasteiger partial charge in [-0.2, -0.15) is 13.2 Å². The number of imide groups is 1. The van der Waals surface area contributed by atoms with Crippen molar-refractivity contribution in [2.24, 2.45) is 11.8 Å². The fraction of sp³-hybridized carbons (Fsp3) is 0.400. The molecule has 3 heterocycles. The summed E-state index contributed by atoms with van der Waals surface area (Å²) in [6, 6.07) is 2.67. The molecule has 1 aromatic rings. The third kappa shape index (κ3) is 3.27. The lowest BCUT2D eigenvalue weighted by atomic mass is 9.76. The van der Waals surface area contributed by atoms with E-state index in [0.29, 0.717) is 11.0 Å². The van der Waals surface area contributed by atoms with E-state index in [4.69, 9.17) is 25.8 Å². The van der Waals surface area contributed by atoms with Crippen LogP contribution in [0.5, 0.6) is 0 Å². The highest BCUT2D eigenvalue weighted by molar-refractivity contribution is 6.31. The molecule has 4 atom stereocenters. The molecule has 1 aromatic carbocycles. The SMILES string of the molecule is CC(=O)OC(OC(C)=O)[C@@]12C=C[C@H](O1)[C@@H]1C(=O)N(c3ccc(Cl)c(C(F)(F)F)c3)C(=O)[C@@H]12. The van der Waals surface area contributed by atoms with Crippen LogP contribution in [0, 0.1) is 11.8 Å². The summed E-state index contributed by atoms with van der Waals surface area (Å²) in [5.41, 5.74) is -3.33. The molecule has 0 N–H and O–H groups in total. The minimum absolute atomic E-state index is 0.322. The van der Waals surface area contributed by atoms with Gasteiger partial charge in [-0.05, 0) is 24.3 Å². The highest BCUT2D eigenvalue weighted by Crippen LogP contribution is 2.55. The molecule has 0 spiro atoms.